The van der Waals surface area contributed by atoms with E-state index < -0.39 is 5.91 Å². The first-order valence-corrected chi connectivity index (χ1v) is 6.54. The van der Waals surface area contributed by atoms with Gasteiger partial charge in [0.1, 0.15) is 5.75 Å². The van der Waals surface area contributed by atoms with E-state index in [4.69, 9.17) is 16.2 Å². The van der Waals surface area contributed by atoms with Gasteiger partial charge in [0.15, 0.2) is 0 Å². The third kappa shape index (κ3) is 3.45. The van der Waals surface area contributed by atoms with Gasteiger partial charge in [-0.15, -0.1) is 0 Å². The lowest BCUT2D eigenvalue weighted by Gasteiger charge is -2.22. The molecule has 0 aliphatic heterocycles. The molecule has 0 unspecified atom stereocenters. The highest BCUT2D eigenvalue weighted by atomic mass is 16.5. The predicted molar refractivity (Wildman–Crippen MR) is 84.5 cm³/mol. The number of nitrogens with zero attached hydrogens (tertiary/aromatic N) is 1. The van der Waals surface area contributed by atoms with E-state index in [0.29, 0.717) is 17.8 Å². The third-order valence-electron chi connectivity index (χ3n) is 3.28. The van der Waals surface area contributed by atoms with Crippen LogP contribution in [0.4, 0.5) is 11.4 Å². The van der Waals surface area contributed by atoms with Crippen molar-refractivity contribution in [3.63, 3.8) is 0 Å². The minimum absolute atomic E-state index is 0.441. The van der Waals surface area contributed by atoms with Crippen LogP contribution in [0.25, 0.3) is 0 Å². The van der Waals surface area contributed by atoms with Gasteiger partial charge in [-0.1, -0.05) is 12.1 Å². The number of primary amides is 1. The maximum atomic E-state index is 11.3. The van der Waals surface area contributed by atoms with E-state index in [1.54, 1.807) is 25.3 Å². The molecule has 110 valence electrons. The minimum atomic E-state index is -0.467. The Morgan fingerprint density at radius 1 is 1.24 bits per heavy atom. The van der Waals surface area contributed by atoms with E-state index in [0.717, 1.165) is 17.0 Å². The number of anilines is 2. The lowest BCUT2D eigenvalue weighted by molar-refractivity contribution is 0.100. The number of nitrogens with two attached hydrogens (primary N) is 2. The summed E-state index contributed by atoms with van der Waals surface area (Å²) in [5, 5.41) is 0. The SMILES string of the molecule is COc1cccc(CN(C)c2cc(C(N)=O)ccc2N)c1. The molecular formula is C16H19N3O2. The Bertz CT molecular complexity index is 656. The molecule has 4 N–H and O–H groups in total. The van der Waals surface area contributed by atoms with Crippen LogP contribution in [0.2, 0.25) is 0 Å². The Labute approximate surface area is 124 Å². The Kier molecular flexibility index (Phi) is 4.33. The van der Waals surface area contributed by atoms with Gasteiger partial charge < -0.3 is 21.1 Å². The van der Waals surface area contributed by atoms with E-state index in [9.17, 15) is 4.79 Å². The smallest absolute Gasteiger partial charge is 0.248 e. The topological polar surface area (TPSA) is 81.6 Å². The molecule has 0 bridgehead atoms. The van der Waals surface area contributed by atoms with Crippen LogP contribution in [0, 0.1) is 0 Å². The van der Waals surface area contributed by atoms with Gasteiger partial charge >= 0.3 is 0 Å². The van der Waals surface area contributed by atoms with Crippen LogP contribution >= 0.6 is 0 Å². The van der Waals surface area contributed by atoms with Crippen molar-refractivity contribution in [1.82, 2.24) is 0 Å². The van der Waals surface area contributed by atoms with Gasteiger partial charge in [0, 0.05) is 19.2 Å². The van der Waals surface area contributed by atoms with E-state index in [1.807, 2.05) is 36.2 Å². The van der Waals surface area contributed by atoms with Crippen molar-refractivity contribution in [3.05, 3.63) is 53.6 Å². The van der Waals surface area contributed by atoms with Gasteiger partial charge in [-0.3, -0.25) is 4.79 Å². The number of hydrogen-bond donors (Lipinski definition) is 2. The van der Waals surface area contributed by atoms with Gasteiger partial charge in [0.25, 0.3) is 0 Å². The van der Waals surface area contributed by atoms with Crippen molar-refractivity contribution in [1.29, 1.82) is 0 Å². The Balaban J connectivity index is 2.25. The van der Waals surface area contributed by atoms with E-state index >= 15 is 0 Å². The van der Waals surface area contributed by atoms with Crippen LogP contribution < -0.4 is 21.1 Å². The molecule has 0 saturated carbocycles. The first-order chi connectivity index (χ1) is 10.0. The van der Waals surface area contributed by atoms with Crippen LogP contribution in [-0.2, 0) is 6.54 Å². The summed E-state index contributed by atoms with van der Waals surface area (Å²) in [5.41, 5.74) is 14.2. The Hall–Kier alpha value is -2.69. The van der Waals surface area contributed by atoms with E-state index in [1.165, 1.54) is 0 Å². The fourth-order valence-electron chi connectivity index (χ4n) is 2.16. The van der Waals surface area contributed by atoms with Crippen LogP contribution in [0.15, 0.2) is 42.5 Å². The van der Waals surface area contributed by atoms with Crippen LogP contribution in [-0.4, -0.2) is 20.1 Å². The summed E-state index contributed by atoms with van der Waals surface area (Å²) in [6.07, 6.45) is 0. The molecule has 0 fully saturated rings. The van der Waals surface area contributed by atoms with Gasteiger partial charge in [0.2, 0.25) is 5.91 Å². The maximum Gasteiger partial charge on any atom is 0.248 e. The molecular weight excluding hydrogens is 266 g/mol. The summed E-state index contributed by atoms with van der Waals surface area (Å²) in [7, 11) is 3.55. The number of nitrogen functional groups attached to an aromatic ring is 1. The molecule has 0 saturated heterocycles. The average molecular weight is 285 g/mol. The summed E-state index contributed by atoms with van der Waals surface area (Å²) in [6, 6.07) is 12.8. The van der Waals surface area contributed by atoms with Crippen molar-refractivity contribution in [2.75, 3.05) is 24.8 Å². The molecule has 21 heavy (non-hydrogen) atoms. The number of carbonyl (C=O) groups is 1. The van der Waals surface area contributed by atoms with Crippen molar-refractivity contribution < 1.29 is 9.53 Å². The number of benzene rings is 2. The van der Waals surface area contributed by atoms with Crippen molar-refractivity contribution in [3.8, 4) is 5.75 Å². The molecule has 0 atom stereocenters. The minimum Gasteiger partial charge on any atom is -0.497 e. The average Bonchev–Trinajstić information content (AvgIpc) is 2.47. The second kappa shape index (κ2) is 6.17. The number of carbonyl (C=O) groups excluding carboxylic acids is 1. The summed E-state index contributed by atoms with van der Waals surface area (Å²) in [5.74, 6) is 0.339. The number of ether oxygens (including phenoxy) is 1. The second-order valence-electron chi connectivity index (χ2n) is 4.85. The Morgan fingerprint density at radius 3 is 2.67 bits per heavy atom. The van der Waals surface area contributed by atoms with E-state index in [-0.39, 0.29) is 0 Å². The molecule has 5 nitrogen and oxygen atoms in total. The van der Waals surface area contributed by atoms with Crippen LogP contribution in [0.3, 0.4) is 0 Å². The predicted octanol–water partition coefficient (Wildman–Crippen LogP) is 2.01. The number of methoxy groups -OCH3 is 1. The standard InChI is InChI=1S/C16H19N3O2/c1-19(10-11-4-3-5-13(8-11)21-2)15-9-12(16(18)20)6-7-14(15)17/h3-9H,10,17H2,1-2H3,(H2,18,20). The lowest BCUT2D eigenvalue weighted by atomic mass is 10.1. The number of amides is 1. The van der Waals surface area contributed by atoms with E-state index in [2.05, 4.69) is 0 Å². The summed E-state index contributed by atoms with van der Waals surface area (Å²) < 4.78 is 5.21. The summed E-state index contributed by atoms with van der Waals surface area (Å²) in [4.78, 5) is 13.2. The maximum absolute atomic E-state index is 11.3. The molecule has 0 heterocycles. The molecule has 0 aliphatic rings. The molecule has 2 aromatic carbocycles. The largest absolute Gasteiger partial charge is 0.497 e. The monoisotopic (exact) mass is 285 g/mol. The van der Waals surface area contributed by atoms with Crippen molar-refractivity contribution in [2.45, 2.75) is 6.54 Å². The second-order valence-corrected chi connectivity index (χ2v) is 4.85. The van der Waals surface area contributed by atoms with Gasteiger partial charge in [-0.05, 0) is 35.9 Å². The normalized spacial score (nSPS) is 10.2. The molecule has 1 amide bonds. The van der Waals surface area contributed by atoms with Gasteiger partial charge in [0.05, 0.1) is 18.5 Å². The lowest BCUT2D eigenvalue weighted by Crippen LogP contribution is -2.19. The quantitative estimate of drug-likeness (QED) is 0.823. The van der Waals surface area contributed by atoms with Gasteiger partial charge in [-0.2, -0.15) is 0 Å². The zero-order valence-electron chi connectivity index (χ0n) is 12.2. The molecule has 0 radical (unpaired) electrons. The first-order valence-electron chi connectivity index (χ1n) is 6.54. The molecule has 0 spiro atoms. The number of rotatable bonds is 5. The molecule has 5 heteroatoms. The zero-order chi connectivity index (χ0) is 15.4. The number of hydrogen-bond acceptors (Lipinski definition) is 4. The highest BCUT2D eigenvalue weighted by Crippen LogP contribution is 2.25. The van der Waals surface area contributed by atoms with Crippen LogP contribution in [0.5, 0.6) is 5.75 Å². The highest BCUT2D eigenvalue weighted by Gasteiger charge is 2.10. The zero-order valence-corrected chi connectivity index (χ0v) is 12.2. The van der Waals surface area contributed by atoms with Crippen molar-refractivity contribution in [2.24, 2.45) is 5.73 Å². The molecule has 0 aliphatic carbocycles. The molecule has 0 aromatic heterocycles. The fraction of sp³-hybridized carbons (Fsp3) is 0.188. The highest BCUT2D eigenvalue weighted by molar-refractivity contribution is 5.95. The third-order valence-corrected chi connectivity index (χ3v) is 3.28. The van der Waals surface area contributed by atoms with Crippen molar-refractivity contribution >= 4 is 17.3 Å². The molecule has 2 rings (SSSR count). The van der Waals surface area contributed by atoms with Crippen LogP contribution in [0.1, 0.15) is 15.9 Å². The summed E-state index contributed by atoms with van der Waals surface area (Å²) in [6.45, 7) is 0.642. The fourth-order valence-corrected chi connectivity index (χ4v) is 2.16. The summed E-state index contributed by atoms with van der Waals surface area (Å²) >= 11 is 0. The van der Waals surface area contributed by atoms with Gasteiger partial charge in [-0.25, -0.2) is 0 Å². The first kappa shape index (κ1) is 14.7. The Morgan fingerprint density at radius 2 is 2.00 bits per heavy atom. The molecule has 2 aromatic rings.